The molecule has 1 saturated heterocycles. The highest BCUT2D eigenvalue weighted by molar-refractivity contribution is 6.30. The third-order valence-corrected chi connectivity index (χ3v) is 6.76. The summed E-state index contributed by atoms with van der Waals surface area (Å²) in [5.74, 6) is 5.97. The van der Waals surface area contributed by atoms with E-state index in [1.165, 1.54) is 0 Å². The molecule has 0 bridgehead atoms. The van der Waals surface area contributed by atoms with Crippen LogP contribution < -0.4 is 10.7 Å². The molecular weight excluding hydrogens is 504 g/mol. The summed E-state index contributed by atoms with van der Waals surface area (Å²) >= 11 is 5.95. The molecule has 0 unspecified atom stereocenters. The average molecular weight is 537 g/mol. The van der Waals surface area contributed by atoms with Crippen LogP contribution in [0.15, 0.2) is 47.4 Å². The molecule has 2 aromatic carbocycles. The summed E-state index contributed by atoms with van der Waals surface area (Å²) < 4.78 is 7.27. The Balaban J connectivity index is 1.69. The van der Waals surface area contributed by atoms with Crippen molar-refractivity contribution in [1.29, 1.82) is 0 Å². The number of amides is 1. The molecule has 0 saturated carbocycles. The fourth-order valence-electron chi connectivity index (χ4n) is 4.47. The molecule has 9 heteroatoms. The maximum atomic E-state index is 13.6. The lowest BCUT2D eigenvalue weighted by Crippen LogP contribution is -2.35. The van der Waals surface area contributed by atoms with Crippen molar-refractivity contribution in [1.82, 2.24) is 19.7 Å². The molecule has 0 spiro atoms. The molecule has 1 amide bonds. The van der Waals surface area contributed by atoms with Gasteiger partial charge in [0.15, 0.2) is 0 Å². The standard InChI is InChI=1S/C29H33ClN4O4/c1-32(10-13-35)9-3-4-23-16-22(19-34-11-14-38-15-12-34)17-25-27(23)33(2)20-26(28(25)36)29(37)31-18-21-5-7-24(30)8-6-21/h5-8,16-17,20,35H,9-15,18-19H2,1-2H3,(H,31,37). The van der Waals surface area contributed by atoms with E-state index in [9.17, 15) is 9.59 Å². The number of aliphatic hydroxyl groups is 1. The summed E-state index contributed by atoms with van der Waals surface area (Å²) in [5, 5.41) is 13.1. The first-order valence-electron chi connectivity index (χ1n) is 12.6. The van der Waals surface area contributed by atoms with Crippen LogP contribution in [-0.4, -0.2) is 78.4 Å². The second kappa shape index (κ2) is 13.1. The third-order valence-electron chi connectivity index (χ3n) is 6.51. The number of rotatable bonds is 8. The number of likely N-dealkylation sites (N-methyl/N-ethyl adjacent to an activating group) is 1. The van der Waals surface area contributed by atoms with Crippen LogP contribution in [0.3, 0.4) is 0 Å². The molecule has 1 aliphatic rings. The molecule has 3 aromatic rings. The number of ether oxygens (including phenoxy) is 1. The molecule has 1 aliphatic heterocycles. The zero-order valence-corrected chi connectivity index (χ0v) is 22.6. The molecule has 2 N–H and O–H groups in total. The molecule has 0 radical (unpaired) electrons. The van der Waals surface area contributed by atoms with E-state index in [4.69, 9.17) is 21.4 Å². The van der Waals surface area contributed by atoms with Crippen LogP contribution in [0, 0.1) is 11.8 Å². The highest BCUT2D eigenvalue weighted by Crippen LogP contribution is 2.21. The minimum absolute atomic E-state index is 0.0630. The lowest BCUT2D eigenvalue weighted by Gasteiger charge is -2.26. The summed E-state index contributed by atoms with van der Waals surface area (Å²) in [5.41, 5.74) is 3.03. The number of hydrogen-bond donors (Lipinski definition) is 2. The number of carbonyl (C=O) groups excluding carboxylic acids is 1. The fourth-order valence-corrected chi connectivity index (χ4v) is 4.60. The van der Waals surface area contributed by atoms with Crippen molar-refractivity contribution in [2.24, 2.45) is 7.05 Å². The van der Waals surface area contributed by atoms with Gasteiger partial charge in [0.1, 0.15) is 5.56 Å². The SMILES string of the molecule is CN(CC#Cc1cc(CN2CCOCC2)cc2c(=O)c(C(=O)NCc3ccc(Cl)cc3)cn(C)c12)CCO. The van der Waals surface area contributed by atoms with Gasteiger partial charge in [-0.3, -0.25) is 19.4 Å². The van der Waals surface area contributed by atoms with Crippen LogP contribution >= 0.6 is 11.6 Å². The van der Waals surface area contributed by atoms with Crippen LogP contribution in [0.5, 0.6) is 0 Å². The van der Waals surface area contributed by atoms with Gasteiger partial charge in [-0.05, 0) is 42.4 Å². The lowest BCUT2D eigenvalue weighted by molar-refractivity contribution is 0.0342. The summed E-state index contributed by atoms with van der Waals surface area (Å²) in [7, 11) is 3.71. The van der Waals surface area contributed by atoms with Gasteiger partial charge in [-0.1, -0.05) is 35.6 Å². The summed E-state index contributed by atoms with van der Waals surface area (Å²) in [6.45, 7) is 5.00. The first-order valence-corrected chi connectivity index (χ1v) is 13.0. The molecule has 1 aromatic heterocycles. The second-order valence-electron chi connectivity index (χ2n) is 9.48. The van der Waals surface area contributed by atoms with Crippen LogP contribution in [0.4, 0.5) is 0 Å². The maximum absolute atomic E-state index is 13.6. The van der Waals surface area contributed by atoms with Gasteiger partial charge < -0.3 is 19.7 Å². The Labute approximate surface area is 227 Å². The highest BCUT2D eigenvalue weighted by Gasteiger charge is 2.18. The van der Waals surface area contributed by atoms with Gasteiger partial charge in [-0.25, -0.2) is 0 Å². The van der Waals surface area contributed by atoms with E-state index in [1.54, 1.807) is 22.9 Å². The monoisotopic (exact) mass is 536 g/mol. The normalized spacial score (nSPS) is 13.9. The largest absolute Gasteiger partial charge is 0.395 e. The zero-order chi connectivity index (χ0) is 27.1. The molecular formula is C29H33ClN4O4. The first kappa shape index (κ1) is 27.8. The van der Waals surface area contributed by atoms with Gasteiger partial charge in [0, 0.05) is 61.9 Å². The summed E-state index contributed by atoms with van der Waals surface area (Å²) in [6.07, 6.45) is 1.58. The number of nitrogens with one attached hydrogen (secondary N) is 1. The lowest BCUT2D eigenvalue weighted by atomic mass is 10.0. The minimum Gasteiger partial charge on any atom is -0.395 e. The number of morpholine rings is 1. The number of nitrogens with zero attached hydrogens (tertiary/aromatic N) is 3. The van der Waals surface area contributed by atoms with Crippen LogP contribution in [0.25, 0.3) is 10.9 Å². The number of benzene rings is 2. The smallest absolute Gasteiger partial charge is 0.257 e. The Hall–Kier alpha value is -3.19. The molecule has 0 atom stereocenters. The van der Waals surface area contributed by atoms with Crippen molar-refractivity contribution < 1.29 is 14.6 Å². The zero-order valence-electron chi connectivity index (χ0n) is 21.8. The third kappa shape index (κ3) is 7.01. The van der Waals surface area contributed by atoms with Crippen molar-refractivity contribution in [3.05, 3.63) is 80.1 Å². The second-order valence-corrected chi connectivity index (χ2v) is 9.92. The number of pyridine rings is 1. The van der Waals surface area contributed by atoms with Crippen LogP contribution in [0.2, 0.25) is 5.02 Å². The predicted molar refractivity (Wildman–Crippen MR) is 149 cm³/mol. The number of hydrogen-bond acceptors (Lipinski definition) is 6. The van der Waals surface area contributed by atoms with Gasteiger partial charge >= 0.3 is 0 Å². The van der Waals surface area contributed by atoms with Gasteiger partial charge in [-0.2, -0.15) is 0 Å². The Morgan fingerprint density at radius 2 is 1.92 bits per heavy atom. The summed E-state index contributed by atoms with van der Waals surface area (Å²) in [4.78, 5) is 30.9. The molecule has 0 aliphatic carbocycles. The topological polar surface area (TPSA) is 87.0 Å². The molecule has 200 valence electrons. The van der Waals surface area contributed by atoms with Crippen molar-refractivity contribution in [2.45, 2.75) is 13.1 Å². The molecule has 4 rings (SSSR count). The minimum atomic E-state index is -0.431. The van der Waals surface area contributed by atoms with Gasteiger partial charge in [-0.15, -0.1) is 0 Å². The number of carbonyl (C=O) groups is 1. The van der Waals surface area contributed by atoms with E-state index in [-0.39, 0.29) is 24.1 Å². The van der Waals surface area contributed by atoms with E-state index >= 15 is 0 Å². The van der Waals surface area contributed by atoms with Gasteiger partial charge in [0.05, 0.1) is 31.9 Å². The van der Waals surface area contributed by atoms with Crippen molar-refractivity contribution in [2.75, 3.05) is 53.0 Å². The number of aliphatic hydroxyl groups excluding tert-OH is 1. The van der Waals surface area contributed by atoms with E-state index in [0.717, 1.165) is 29.8 Å². The van der Waals surface area contributed by atoms with Crippen LogP contribution in [-0.2, 0) is 24.9 Å². The number of aryl methyl sites for hydroxylation is 1. The highest BCUT2D eigenvalue weighted by atomic mass is 35.5. The molecule has 38 heavy (non-hydrogen) atoms. The van der Waals surface area contributed by atoms with E-state index in [1.807, 2.05) is 43.3 Å². The number of aromatic nitrogens is 1. The Morgan fingerprint density at radius 3 is 2.63 bits per heavy atom. The van der Waals surface area contributed by atoms with Crippen molar-refractivity contribution >= 4 is 28.4 Å². The molecule has 1 fully saturated rings. The average Bonchev–Trinajstić information content (AvgIpc) is 2.90. The Kier molecular flexibility index (Phi) is 9.56. The Bertz CT molecular complexity index is 1400. The van der Waals surface area contributed by atoms with Crippen molar-refractivity contribution in [3.63, 3.8) is 0 Å². The molecule has 2 heterocycles. The number of fused-ring (bicyclic) bond motifs is 1. The van der Waals surface area contributed by atoms with E-state index < -0.39 is 5.91 Å². The number of halogens is 1. The van der Waals surface area contributed by atoms with Crippen LogP contribution in [0.1, 0.15) is 27.0 Å². The van der Waals surface area contributed by atoms with Crippen molar-refractivity contribution in [3.8, 4) is 11.8 Å². The van der Waals surface area contributed by atoms with Gasteiger partial charge in [0.25, 0.3) is 5.91 Å². The van der Waals surface area contributed by atoms with Gasteiger partial charge in [0.2, 0.25) is 5.43 Å². The fraction of sp³-hybridized carbons (Fsp3) is 0.379. The molecule has 8 nitrogen and oxygen atoms in total. The first-order chi connectivity index (χ1) is 18.4. The maximum Gasteiger partial charge on any atom is 0.257 e. The van der Waals surface area contributed by atoms with E-state index in [0.29, 0.717) is 48.8 Å². The quantitative estimate of drug-likeness (QED) is 0.429. The summed E-state index contributed by atoms with van der Waals surface area (Å²) in [6, 6.07) is 11.1. The van der Waals surface area contributed by atoms with E-state index in [2.05, 4.69) is 22.1 Å². The predicted octanol–water partition coefficient (Wildman–Crippen LogP) is 2.23. The Morgan fingerprint density at radius 1 is 1.18 bits per heavy atom.